The molecule has 0 spiro atoms. The van der Waals surface area contributed by atoms with Gasteiger partial charge in [-0.25, -0.2) is 4.79 Å². The molecule has 0 amide bonds. The Bertz CT molecular complexity index is 537. The van der Waals surface area contributed by atoms with Gasteiger partial charge in [0, 0.05) is 19.3 Å². The van der Waals surface area contributed by atoms with E-state index in [-0.39, 0.29) is 30.8 Å². The molecule has 0 aliphatic heterocycles. The van der Waals surface area contributed by atoms with Crippen LogP contribution in [0.2, 0.25) is 0 Å². The van der Waals surface area contributed by atoms with Crippen LogP contribution in [0.15, 0.2) is 24.3 Å². The number of rotatable bonds is 13. The Hall–Kier alpha value is -1.66. The summed E-state index contributed by atoms with van der Waals surface area (Å²) >= 11 is 0. The zero-order valence-electron chi connectivity index (χ0n) is 17.2. The molecule has 1 fully saturated rings. The zero-order chi connectivity index (χ0) is 21.0. The van der Waals surface area contributed by atoms with Gasteiger partial charge in [0.1, 0.15) is 6.10 Å². The number of aliphatic carboxylic acids is 1. The molecule has 3 N–H and O–H groups in total. The van der Waals surface area contributed by atoms with Crippen LogP contribution in [0.4, 0.5) is 0 Å². The predicted molar refractivity (Wildman–Crippen MR) is 107 cm³/mol. The molecule has 160 valence electrons. The molecule has 0 saturated heterocycles. The van der Waals surface area contributed by atoms with Crippen LogP contribution in [0.3, 0.4) is 0 Å². The van der Waals surface area contributed by atoms with Crippen molar-refractivity contribution in [2.24, 2.45) is 11.8 Å². The molecule has 6 nitrogen and oxygen atoms in total. The molecular weight excluding hydrogens is 360 g/mol. The quantitative estimate of drug-likeness (QED) is 0.188. The van der Waals surface area contributed by atoms with E-state index in [1.807, 2.05) is 6.08 Å². The Kier molecular flexibility index (Phi) is 11.1. The minimum Gasteiger partial charge on any atom is -0.477 e. The molecule has 0 aromatic carbocycles. The van der Waals surface area contributed by atoms with Crippen molar-refractivity contribution in [3.8, 4) is 0 Å². The van der Waals surface area contributed by atoms with Crippen LogP contribution in [-0.4, -0.2) is 39.1 Å². The van der Waals surface area contributed by atoms with Gasteiger partial charge in [-0.2, -0.15) is 0 Å². The Labute approximate surface area is 168 Å². The number of carboxylic acids is 1. The van der Waals surface area contributed by atoms with Crippen molar-refractivity contribution >= 4 is 11.9 Å². The van der Waals surface area contributed by atoms with Crippen molar-refractivity contribution in [3.05, 3.63) is 24.3 Å². The molecule has 0 radical (unpaired) electrons. The van der Waals surface area contributed by atoms with E-state index in [9.17, 15) is 19.8 Å². The first-order chi connectivity index (χ1) is 13.3. The fraction of sp³-hybridized carbons (Fsp3) is 0.727. The molecule has 3 atom stereocenters. The molecule has 1 aliphatic rings. The Morgan fingerprint density at radius 3 is 2.46 bits per heavy atom. The van der Waals surface area contributed by atoms with E-state index in [4.69, 9.17) is 9.84 Å². The number of aliphatic hydroxyl groups is 2. The SMILES string of the molecule is CCCCCC/C=C/[C@H]1CC[C@H](OC(C)=O)[C@@H]1C/C=C\CCC(O)(O)C(=O)O. The highest BCUT2D eigenvalue weighted by atomic mass is 16.5. The van der Waals surface area contributed by atoms with Gasteiger partial charge in [-0.1, -0.05) is 50.5 Å². The highest BCUT2D eigenvalue weighted by Crippen LogP contribution is 2.38. The molecule has 0 bridgehead atoms. The van der Waals surface area contributed by atoms with Gasteiger partial charge in [0.25, 0.3) is 5.79 Å². The largest absolute Gasteiger partial charge is 0.477 e. The molecule has 0 heterocycles. The van der Waals surface area contributed by atoms with Gasteiger partial charge in [0.2, 0.25) is 0 Å². The summed E-state index contributed by atoms with van der Waals surface area (Å²) in [6, 6.07) is 0. The summed E-state index contributed by atoms with van der Waals surface area (Å²) in [5.74, 6) is -4.06. The molecule has 1 saturated carbocycles. The van der Waals surface area contributed by atoms with E-state index in [0.29, 0.717) is 12.3 Å². The number of esters is 1. The molecule has 1 rings (SSSR count). The lowest BCUT2D eigenvalue weighted by molar-refractivity contribution is -0.205. The number of hydrogen-bond donors (Lipinski definition) is 3. The molecule has 28 heavy (non-hydrogen) atoms. The normalized spacial score (nSPS) is 22.9. The second-order valence-electron chi connectivity index (χ2n) is 7.70. The fourth-order valence-corrected chi connectivity index (χ4v) is 3.71. The van der Waals surface area contributed by atoms with Gasteiger partial charge in [0.15, 0.2) is 0 Å². The van der Waals surface area contributed by atoms with Crippen LogP contribution in [0.1, 0.15) is 78.1 Å². The van der Waals surface area contributed by atoms with E-state index in [0.717, 1.165) is 19.3 Å². The van der Waals surface area contributed by atoms with E-state index in [1.165, 1.54) is 32.6 Å². The smallest absolute Gasteiger partial charge is 0.364 e. The van der Waals surface area contributed by atoms with Crippen LogP contribution in [-0.2, 0) is 14.3 Å². The van der Waals surface area contributed by atoms with Crippen LogP contribution < -0.4 is 0 Å². The standard InChI is InChI=1S/C22H36O6/c1-3-4-5-6-7-9-12-18-14-15-20(28-17(2)23)19(18)13-10-8-11-16-22(26,27)21(24)25/h8-10,12,18-20,26-27H,3-7,11,13-16H2,1-2H3,(H,24,25)/b10-8-,12-9+/t18-,19+,20-/m0/s1. The maximum Gasteiger partial charge on any atom is 0.364 e. The fourth-order valence-electron chi connectivity index (χ4n) is 3.71. The van der Waals surface area contributed by atoms with Gasteiger partial charge in [-0.15, -0.1) is 0 Å². The molecule has 1 aliphatic carbocycles. The number of unbranched alkanes of at least 4 members (excludes halogenated alkanes) is 4. The predicted octanol–water partition coefficient (Wildman–Crippen LogP) is 3.96. The van der Waals surface area contributed by atoms with Gasteiger partial charge in [-0.05, 0) is 44.4 Å². The van der Waals surface area contributed by atoms with Gasteiger partial charge < -0.3 is 20.1 Å². The summed E-state index contributed by atoms with van der Waals surface area (Å²) in [4.78, 5) is 22.1. The summed E-state index contributed by atoms with van der Waals surface area (Å²) in [6.07, 6.45) is 16.6. The lowest BCUT2D eigenvalue weighted by Gasteiger charge is -2.22. The monoisotopic (exact) mass is 396 g/mol. The third-order valence-electron chi connectivity index (χ3n) is 5.31. The van der Waals surface area contributed by atoms with Crippen LogP contribution >= 0.6 is 0 Å². The lowest BCUT2D eigenvalue weighted by Crippen LogP contribution is -2.37. The summed E-state index contributed by atoms with van der Waals surface area (Å²) in [7, 11) is 0. The number of carbonyl (C=O) groups is 2. The average molecular weight is 397 g/mol. The minimum absolute atomic E-state index is 0.106. The summed E-state index contributed by atoms with van der Waals surface area (Å²) in [5.41, 5.74) is 0. The zero-order valence-corrected chi connectivity index (χ0v) is 17.2. The number of hydrogen-bond acceptors (Lipinski definition) is 5. The van der Waals surface area contributed by atoms with E-state index in [2.05, 4.69) is 19.1 Å². The summed E-state index contributed by atoms with van der Waals surface area (Å²) < 4.78 is 5.49. The first-order valence-corrected chi connectivity index (χ1v) is 10.4. The first kappa shape index (κ1) is 24.4. The molecule has 0 aromatic heterocycles. The number of allylic oxidation sites excluding steroid dienone is 4. The molecule has 6 heteroatoms. The summed E-state index contributed by atoms with van der Waals surface area (Å²) in [6.45, 7) is 3.63. The highest BCUT2D eigenvalue weighted by Gasteiger charge is 2.36. The van der Waals surface area contributed by atoms with Crippen LogP contribution in [0.5, 0.6) is 0 Å². The lowest BCUT2D eigenvalue weighted by atomic mass is 9.90. The molecule has 0 unspecified atom stereocenters. The second kappa shape index (κ2) is 12.7. The van der Waals surface area contributed by atoms with Gasteiger partial charge in [-0.3, -0.25) is 4.79 Å². The maximum atomic E-state index is 11.4. The Morgan fingerprint density at radius 1 is 1.07 bits per heavy atom. The summed E-state index contributed by atoms with van der Waals surface area (Å²) in [5, 5.41) is 27.3. The van der Waals surface area contributed by atoms with Crippen molar-refractivity contribution < 1.29 is 29.6 Å². The number of ether oxygens (including phenoxy) is 1. The van der Waals surface area contributed by atoms with Crippen LogP contribution in [0.25, 0.3) is 0 Å². The number of carboxylic acid groups (broad SMARTS) is 1. The number of carbonyl (C=O) groups excluding carboxylic acids is 1. The Morgan fingerprint density at radius 2 is 1.82 bits per heavy atom. The van der Waals surface area contributed by atoms with Crippen molar-refractivity contribution in [3.63, 3.8) is 0 Å². The van der Waals surface area contributed by atoms with Crippen molar-refractivity contribution in [1.82, 2.24) is 0 Å². The third kappa shape index (κ3) is 9.02. The third-order valence-corrected chi connectivity index (χ3v) is 5.31. The topological polar surface area (TPSA) is 104 Å². The van der Waals surface area contributed by atoms with Crippen LogP contribution in [0, 0.1) is 11.8 Å². The van der Waals surface area contributed by atoms with E-state index < -0.39 is 11.8 Å². The van der Waals surface area contributed by atoms with Crippen molar-refractivity contribution in [1.29, 1.82) is 0 Å². The highest BCUT2D eigenvalue weighted by molar-refractivity contribution is 5.74. The van der Waals surface area contributed by atoms with Crippen molar-refractivity contribution in [2.45, 2.75) is 89.9 Å². The molecular formula is C22H36O6. The minimum atomic E-state index is -2.69. The van der Waals surface area contributed by atoms with Crippen molar-refractivity contribution in [2.75, 3.05) is 0 Å². The van der Waals surface area contributed by atoms with Gasteiger partial charge in [0.05, 0.1) is 0 Å². The van der Waals surface area contributed by atoms with Gasteiger partial charge >= 0.3 is 11.9 Å². The van der Waals surface area contributed by atoms with E-state index in [1.54, 1.807) is 6.08 Å². The first-order valence-electron chi connectivity index (χ1n) is 10.4. The maximum absolute atomic E-state index is 11.4. The Balaban J connectivity index is 2.55. The average Bonchev–Trinajstić information content (AvgIpc) is 2.98. The molecule has 0 aromatic rings. The van der Waals surface area contributed by atoms with E-state index >= 15 is 0 Å². The second-order valence-corrected chi connectivity index (χ2v) is 7.70.